The highest BCUT2D eigenvalue weighted by Gasteiger charge is 2.33. The van der Waals surface area contributed by atoms with Crippen LogP contribution >= 0.6 is 11.6 Å². The molecule has 4 rings (SSSR count). The number of hydrogen-bond acceptors (Lipinski definition) is 5. The standard InChI is InChI=1S/C23H28ClN3O5S2/c24-19-6-10-21(11-7-19)34(31,32)27-16-4-5-18(17-27)23(28)25-20-8-12-22(13-9-20)33(29,30)26-14-2-1-3-15-26/h6-13,18H,1-5,14-17H2,(H,25,28). The summed E-state index contributed by atoms with van der Waals surface area (Å²) in [4.78, 5) is 13.2. The molecular formula is C23H28ClN3O5S2. The second-order valence-electron chi connectivity index (χ2n) is 8.63. The van der Waals surface area contributed by atoms with Crippen LogP contribution in [0.2, 0.25) is 5.02 Å². The van der Waals surface area contributed by atoms with Crippen LogP contribution in [0.1, 0.15) is 32.1 Å². The highest BCUT2D eigenvalue weighted by Crippen LogP contribution is 2.26. The van der Waals surface area contributed by atoms with Gasteiger partial charge in [0.1, 0.15) is 0 Å². The van der Waals surface area contributed by atoms with Gasteiger partial charge < -0.3 is 5.32 Å². The number of nitrogens with zero attached hydrogens (tertiary/aromatic N) is 2. The van der Waals surface area contributed by atoms with Crippen molar-refractivity contribution in [1.29, 1.82) is 0 Å². The number of hydrogen-bond donors (Lipinski definition) is 1. The third-order valence-electron chi connectivity index (χ3n) is 6.28. The summed E-state index contributed by atoms with van der Waals surface area (Å²) >= 11 is 5.87. The van der Waals surface area contributed by atoms with E-state index in [2.05, 4.69) is 5.32 Å². The second kappa shape index (κ2) is 10.3. The van der Waals surface area contributed by atoms with Gasteiger partial charge >= 0.3 is 0 Å². The van der Waals surface area contributed by atoms with Crippen molar-refractivity contribution >= 4 is 43.2 Å². The molecule has 2 saturated heterocycles. The molecule has 0 aliphatic carbocycles. The number of anilines is 1. The normalized spacial score (nSPS) is 20.7. The van der Waals surface area contributed by atoms with Crippen molar-refractivity contribution in [1.82, 2.24) is 8.61 Å². The van der Waals surface area contributed by atoms with E-state index in [4.69, 9.17) is 11.6 Å². The quantitative estimate of drug-likeness (QED) is 0.621. The van der Waals surface area contributed by atoms with Gasteiger partial charge in [-0.3, -0.25) is 4.79 Å². The second-order valence-corrected chi connectivity index (χ2v) is 12.9. The number of rotatable bonds is 6. The maximum absolute atomic E-state index is 13.0. The van der Waals surface area contributed by atoms with Crippen LogP contribution in [0.5, 0.6) is 0 Å². The van der Waals surface area contributed by atoms with Crippen molar-refractivity contribution in [3.05, 3.63) is 53.6 Å². The minimum atomic E-state index is -3.73. The van der Waals surface area contributed by atoms with Crippen molar-refractivity contribution in [3.8, 4) is 0 Å². The molecule has 1 amide bonds. The lowest BCUT2D eigenvalue weighted by atomic mass is 9.99. The molecule has 34 heavy (non-hydrogen) atoms. The van der Waals surface area contributed by atoms with Gasteiger partial charge in [-0.2, -0.15) is 8.61 Å². The van der Waals surface area contributed by atoms with Crippen LogP contribution in [0, 0.1) is 5.92 Å². The van der Waals surface area contributed by atoms with E-state index < -0.39 is 26.0 Å². The summed E-state index contributed by atoms with van der Waals surface area (Å²) in [5.74, 6) is -0.796. The first-order valence-corrected chi connectivity index (χ1v) is 14.6. The Bertz CT molecular complexity index is 1230. The van der Waals surface area contributed by atoms with Crippen LogP contribution in [-0.2, 0) is 24.8 Å². The zero-order valence-electron chi connectivity index (χ0n) is 18.7. The molecule has 2 fully saturated rings. The fourth-order valence-corrected chi connectivity index (χ4v) is 7.51. The molecular weight excluding hydrogens is 498 g/mol. The highest BCUT2D eigenvalue weighted by molar-refractivity contribution is 7.89. The highest BCUT2D eigenvalue weighted by atomic mass is 35.5. The zero-order chi connectivity index (χ0) is 24.3. The molecule has 0 spiro atoms. The number of piperidine rings is 2. The molecule has 0 bridgehead atoms. The van der Waals surface area contributed by atoms with Crippen molar-refractivity contribution in [2.24, 2.45) is 5.92 Å². The first kappa shape index (κ1) is 25.1. The molecule has 1 N–H and O–H groups in total. The Morgan fingerprint density at radius 3 is 1.91 bits per heavy atom. The van der Waals surface area contributed by atoms with Gasteiger partial charge in [-0.15, -0.1) is 0 Å². The number of sulfonamides is 2. The third-order valence-corrected chi connectivity index (χ3v) is 10.3. The number of carbonyl (C=O) groups excluding carboxylic acids is 1. The molecule has 2 aliphatic heterocycles. The van der Waals surface area contributed by atoms with Gasteiger partial charge in [-0.1, -0.05) is 18.0 Å². The van der Waals surface area contributed by atoms with Crippen molar-refractivity contribution in [3.63, 3.8) is 0 Å². The first-order valence-electron chi connectivity index (χ1n) is 11.3. The van der Waals surface area contributed by atoms with Gasteiger partial charge in [0.25, 0.3) is 0 Å². The van der Waals surface area contributed by atoms with E-state index >= 15 is 0 Å². The lowest BCUT2D eigenvalue weighted by Crippen LogP contribution is -2.43. The molecule has 2 heterocycles. The summed E-state index contributed by atoms with van der Waals surface area (Å²) in [5.41, 5.74) is 0.472. The Kier molecular flexibility index (Phi) is 7.63. The molecule has 2 aliphatic rings. The van der Waals surface area contributed by atoms with Gasteiger partial charge in [0.05, 0.1) is 15.7 Å². The van der Waals surface area contributed by atoms with E-state index in [1.54, 1.807) is 12.1 Å². The molecule has 0 saturated carbocycles. The van der Waals surface area contributed by atoms with Crippen LogP contribution in [0.25, 0.3) is 0 Å². The number of benzene rings is 2. The number of carbonyl (C=O) groups is 1. The molecule has 8 nitrogen and oxygen atoms in total. The minimum absolute atomic E-state index is 0.0816. The lowest BCUT2D eigenvalue weighted by molar-refractivity contribution is -0.120. The number of halogens is 1. The largest absolute Gasteiger partial charge is 0.326 e. The van der Waals surface area contributed by atoms with E-state index in [0.29, 0.717) is 43.2 Å². The van der Waals surface area contributed by atoms with Crippen LogP contribution in [0.4, 0.5) is 5.69 Å². The van der Waals surface area contributed by atoms with E-state index in [-0.39, 0.29) is 22.2 Å². The predicted octanol–water partition coefficient (Wildman–Crippen LogP) is 3.55. The summed E-state index contributed by atoms with van der Waals surface area (Å²) in [6.07, 6.45) is 3.90. The minimum Gasteiger partial charge on any atom is -0.326 e. The van der Waals surface area contributed by atoms with Crippen molar-refractivity contribution < 1.29 is 21.6 Å². The zero-order valence-corrected chi connectivity index (χ0v) is 21.1. The summed E-state index contributed by atoms with van der Waals surface area (Å²) in [6.45, 7) is 1.48. The topological polar surface area (TPSA) is 104 Å². The Labute approximate surface area is 206 Å². The molecule has 0 aromatic heterocycles. The predicted molar refractivity (Wildman–Crippen MR) is 131 cm³/mol. The van der Waals surface area contributed by atoms with Crippen LogP contribution in [0.3, 0.4) is 0 Å². The lowest BCUT2D eigenvalue weighted by Gasteiger charge is -2.31. The average Bonchev–Trinajstić information content (AvgIpc) is 2.85. The van der Waals surface area contributed by atoms with Crippen LogP contribution in [-0.4, -0.2) is 57.5 Å². The van der Waals surface area contributed by atoms with Crippen molar-refractivity contribution in [2.75, 3.05) is 31.5 Å². The third kappa shape index (κ3) is 5.46. The fourth-order valence-electron chi connectivity index (χ4n) is 4.34. The van der Waals surface area contributed by atoms with E-state index in [1.807, 2.05) is 0 Å². The Balaban J connectivity index is 1.41. The Morgan fingerprint density at radius 2 is 1.29 bits per heavy atom. The first-order chi connectivity index (χ1) is 16.2. The van der Waals surface area contributed by atoms with Gasteiger partial charge in [0.15, 0.2) is 0 Å². The molecule has 2 aromatic rings. The summed E-state index contributed by atoms with van der Waals surface area (Å²) in [5, 5.41) is 3.25. The average molecular weight is 526 g/mol. The molecule has 2 aromatic carbocycles. The molecule has 1 atom stereocenters. The molecule has 1 unspecified atom stereocenters. The monoisotopic (exact) mass is 525 g/mol. The maximum Gasteiger partial charge on any atom is 0.243 e. The van der Waals surface area contributed by atoms with Gasteiger partial charge in [-0.25, -0.2) is 16.8 Å². The van der Waals surface area contributed by atoms with E-state index in [1.165, 1.54) is 45.0 Å². The Morgan fingerprint density at radius 1 is 0.765 bits per heavy atom. The van der Waals surface area contributed by atoms with Crippen molar-refractivity contribution in [2.45, 2.75) is 41.9 Å². The Hall–Kier alpha value is -1.98. The summed E-state index contributed by atoms with van der Waals surface area (Å²) < 4.78 is 54.4. The summed E-state index contributed by atoms with van der Waals surface area (Å²) in [6, 6.07) is 12.1. The van der Waals surface area contributed by atoms with E-state index in [0.717, 1.165) is 19.3 Å². The van der Waals surface area contributed by atoms with Gasteiger partial charge in [-0.05, 0) is 74.2 Å². The number of amides is 1. The summed E-state index contributed by atoms with van der Waals surface area (Å²) in [7, 11) is -7.27. The fraction of sp³-hybridized carbons (Fsp3) is 0.435. The maximum atomic E-state index is 13.0. The smallest absolute Gasteiger partial charge is 0.243 e. The molecule has 11 heteroatoms. The number of nitrogens with one attached hydrogen (secondary N) is 1. The van der Waals surface area contributed by atoms with Gasteiger partial charge in [0, 0.05) is 36.9 Å². The van der Waals surface area contributed by atoms with Crippen LogP contribution in [0.15, 0.2) is 58.3 Å². The van der Waals surface area contributed by atoms with Crippen LogP contribution < -0.4 is 5.32 Å². The van der Waals surface area contributed by atoms with E-state index in [9.17, 15) is 21.6 Å². The molecule has 0 radical (unpaired) electrons. The molecule has 184 valence electrons. The van der Waals surface area contributed by atoms with Gasteiger partial charge in [0.2, 0.25) is 26.0 Å². The SMILES string of the molecule is O=C(Nc1ccc(S(=O)(=O)N2CCCCC2)cc1)C1CCCN(S(=O)(=O)c2ccc(Cl)cc2)C1.